The fourth-order valence-corrected chi connectivity index (χ4v) is 4.25. The highest BCUT2D eigenvalue weighted by molar-refractivity contribution is 6.06. The maximum Gasteiger partial charge on any atom is 0.255 e. The normalized spacial score (nSPS) is 15.7. The molecule has 0 radical (unpaired) electrons. The predicted molar refractivity (Wildman–Crippen MR) is 122 cm³/mol. The molecule has 1 atom stereocenters. The summed E-state index contributed by atoms with van der Waals surface area (Å²) in [4.78, 5) is 17.9. The number of pyridine rings is 1. The Balaban J connectivity index is 1.66. The number of ether oxygens (including phenoxy) is 1. The van der Waals surface area contributed by atoms with Gasteiger partial charge in [-0.1, -0.05) is 29.3 Å². The van der Waals surface area contributed by atoms with Crippen LogP contribution in [0.15, 0.2) is 30.6 Å². The van der Waals surface area contributed by atoms with Crippen LogP contribution in [0.4, 0.5) is 5.69 Å². The van der Waals surface area contributed by atoms with Crippen molar-refractivity contribution in [3.05, 3.63) is 52.8 Å². The van der Waals surface area contributed by atoms with Gasteiger partial charge >= 0.3 is 0 Å². The summed E-state index contributed by atoms with van der Waals surface area (Å²) < 4.78 is 7.35. The second kappa shape index (κ2) is 9.06. The van der Waals surface area contributed by atoms with E-state index in [0.717, 1.165) is 54.9 Å². The van der Waals surface area contributed by atoms with E-state index in [1.165, 1.54) is 11.1 Å². The highest BCUT2D eigenvalue weighted by atomic mass is 16.5. The lowest BCUT2D eigenvalue weighted by Gasteiger charge is -2.26. The van der Waals surface area contributed by atoms with Gasteiger partial charge < -0.3 is 15.4 Å². The molecular formula is C24H31N5O2. The van der Waals surface area contributed by atoms with Gasteiger partial charge in [0.15, 0.2) is 5.65 Å². The summed E-state index contributed by atoms with van der Waals surface area (Å²) in [6, 6.07) is 6.51. The zero-order valence-electron chi connectivity index (χ0n) is 18.7. The maximum atomic E-state index is 13.3. The second-order valence-corrected chi connectivity index (χ2v) is 8.39. The van der Waals surface area contributed by atoms with Gasteiger partial charge in [0, 0.05) is 32.0 Å². The zero-order chi connectivity index (χ0) is 22.0. The van der Waals surface area contributed by atoms with Gasteiger partial charge in [-0.2, -0.15) is 5.10 Å². The molecule has 2 aromatic heterocycles. The highest BCUT2D eigenvalue weighted by Gasteiger charge is 2.23. The van der Waals surface area contributed by atoms with Gasteiger partial charge in [0.05, 0.1) is 28.9 Å². The van der Waals surface area contributed by atoms with Crippen LogP contribution in [0.2, 0.25) is 0 Å². The van der Waals surface area contributed by atoms with Gasteiger partial charge in [-0.25, -0.2) is 9.67 Å². The summed E-state index contributed by atoms with van der Waals surface area (Å²) in [6.07, 6.45) is 5.29. The molecule has 1 aromatic carbocycles. The lowest BCUT2D eigenvalue weighted by molar-refractivity contribution is 0.0903. The molecule has 0 saturated carbocycles. The van der Waals surface area contributed by atoms with E-state index in [-0.39, 0.29) is 18.0 Å². The first-order chi connectivity index (χ1) is 15.0. The number of nitrogens with zero attached hydrogens (tertiary/aromatic N) is 3. The van der Waals surface area contributed by atoms with Gasteiger partial charge in [-0.3, -0.25) is 4.79 Å². The number of rotatable bonds is 6. The molecule has 0 bridgehead atoms. The van der Waals surface area contributed by atoms with Crippen LogP contribution in [-0.4, -0.2) is 39.9 Å². The number of nitrogens with one attached hydrogen (secondary N) is 2. The molecule has 1 aliphatic rings. The highest BCUT2D eigenvalue weighted by Crippen LogP contribution is 2.29. The summed E-state index contributed by atoms with van der Waals surface area (Å²) in [5.74, 6) is -0.139. The Morgan fingerprint density at radius 2 is 1.90 bits per heavy atom. The third kappa shape index (κ3) is 4.56. The smallest absolute Gasteiger partial charge is 0.255 e. The molecule has 3 aromatic rings. The molecule has 164 valence electrons. The van der Waals surface area contributed by atoms with E-state index in [0.29, 0.717) is 5.56 Å². The molecule has 31 heavy (non-hydrogen) atoms. The lowest BCUT2D eigenvalue weighted by atomic mass is 10.0. The fraction of sp³-hybridized carbons (Fsp3) is 0.458. The largest absolute Gasteiger partial charge is 0.381 e. The van der Waals surface area contributed by atoms with Crippen molar-refractivity contribution < 1.29 is 9.53 Å². The molecule has 4 rings (SSSR count). The Kier molecular flexibility index (Phi) is 6.23. The van der Waals surface area contributed by atoms with Gasteiger partial charge in [-0.05, 0) is 46.1 Å². The van der Waals surface area contributed by atoms with Crippen LogP contribution >= 0.6 is 0 Å². The number of hydrogen-bond acceptors (Lipinski definition) is 5. The molecule has 1 saturated heterocycles. The van der Waals surface area contributed by atoms with E-state index < -0.39 is 0 Å². The Morgan fingerprint density at radius 1 is 1.19 bits per heavy atom. The zero-order valence-corrected chi connectivity index (χ0v) is 18.7. The van der Waals surface area contributed by atoms with Gasteiger partial charge in [-0.15, -0.1) is 0 Å². The van der Waals surface area contributed by atoms with Crippen molar-refractivity contribution in [1.82, 2.24) is 20.1 Å². The first-order valence-electron chi connectivity index (χ1n) is 11.0. The number of carbonyl (C=O) groups is 1. The van der Waals surface area contributed by atoms with Crippen LogP contribution in [0.25, 0.3) is 11.0 Å². The minimum Gasteiger partial charge on any atom is -0.381 e. The van der Waals surface area contributed by atoms with Crippen LogP contribution in [0.5, 0.6) is 0 Å². The van der Waals surface area contributed by atoms with E-state index in [1.54, 1.807) is 12.4 Å². The average Bonchev–Trinajstić information content (AvgIpc) is 3.17. The van der Waals surface area contributed by atoms with Crippen molar-refractivity contribution in [2.45, 2.75) is 59.2 Å². The van der Waals surface area contributed by atoms with Crippen molar-refractivity contribution in [3.8, 4) is 0 Å². The Hall–Kier alpha value is -2.93. The van der Waals surface area contributed by atoms with Crippen molar-refractivity contribution in [2.75, 3.05) is 18.5 Å². The molecule has 0 spiro atoms. The topological polar surface area (TPSA) is 81.1 Å². The first-order valence-corrected chi connectivity index (χ1v) is 11.0. The average molecular weight is 422 g/mol. The quantitative estimate of drug-likeness (QED) is 0.625. The second-order valence-electron chi connectivity index (χ2n) is 8.39. The molecule has 1 aliphatic heterocycles. The summed E-state index contributed by atoms with van der Waals surface area (Å²) in [7, 11) is 0. The number of anilines is 1. The SMILES string of the molecule is CCn1ncc2c(NC3CCOCC3)c(C(=O)NC(C)c3cc(C)cc(C)c3)cnc21. The molecule has 2 N–H and O–H groups in total. The van der Waals surface area contributed by atoms with E-state index in [1.807, 2.05) is 18.5 Å². The third-order valence-electron chi connectivity index (χ3n) is 5.87. The predicted octanol–water partition coefficient (Wildman–Crippen LogP) is 4.15. The molecule has 3 heterocycles. The van der Waals surface area contributed by atoms with Crippen LogP contribution in [0, 0.1) is 13.8 Å². The summed E-state index contributed by atoms with van der Waals surface area (Å²) >= 11 is 0. The molecule has 7 heteroatoms. The van der Waals surface area contributed by atoms with Crippen molar-refractivity contribution in [1.29, 1.82) is 0 Å². The molecular weight excluding hydrogens is 390 g/mol. The van der Waals surface area contributed by atoms with Crippen molar-refractivity contribution >= 4 is 22.6 Å². The summed E-state index contributed by atoms with van der Waals surface area (Å²) in [5.41, 5.74) is 5.61. The van der Waals surface area contributed by atoms with Gasteiger partial charge in [0.1, 0.15) is 0 Å². The van der Waals surface area contributed by atoms with Crippen LogP contribution in [0.1, 0.15) is 59.8 Å². The Labute approximate surface area is 183 Å². The number of amides is 1. The summed E-state index contributed by atoms with van der Waals surface area (Å²) in [5, 5.41) is 12.1. The van der Waals surface area contributed by atoms with Crippen LogP contribution in [0.3, 0.4) is 0 Å². The molecule has 1 unspecified atom stereocenters. The number of carbonyl (C=O) groups excluding carboxylic acids is 1. The van der Waals surface area contributed by atoms with Gasteiger partial charge in [0.2, 0.25) is 0 Å². The maximum absolute atomic E-state index is 13.3. The number of fused-ring (bicyclic) bond motifs is 1. The van der Waals surface area contributed by atoms with E-state index in [4.69, 9.17) is 4.74 Å². The molecule has 0 aliphatic carbocycles. The number of aryl methyl sites for hydroxylation is 3. The minimum absolute atomic E-state index is 0.115. The first kappa shape index (κ1) is 21.3. The number of hydrogen-bond donors (Lipinski definition) is 2. The molecule has 1 fully saturated rings. The molecule has 1 amide bonds. The van der Waals surface area contributed by atoms with Crippen molar-refractivity contribution in [3.63, 3.8) is 0 Å². The lowest BCUT2D eigenvalue weighted by Crippen LogP contribution is -2.31. The Morgan fingerprint density at radius 3 is 2.58 bits per heavy atom. The summed E-state index contributed by atoms with van der Waals surface area (Å²) in [6.45, 7) is 10.4. The fourth-order valence-electron chi connectivity index (χ4n) is 4.25. The van der Waals surface area contributed by atoms with E-state index in [2.05, 4.69) is 52.8 Å². The van der Waals surface area contributed by atoms with Crippen LogP contribution in [-0.2, 0) is 11.3 Å². The monoisotopic (exact) mass is 421 g/mol. The minimum atomic E-state index is -0.139. The third-order valence-corrected chi connectivity index (χ3v) is 5.87. The van der Waals surface area contributed by atoms with Crippen molar-refractivity contribution in [2.24, 2.45) is 0 Å². The van der Waals surface area contributed by atoms with Crippen LogP contribution < -0.4 is 10.6 Å². The Bertz CT molecular complexity index is 1060. The van der Waals surface area contributed by atoms with E-state index in [9.17, 15) is 4.79 Å². The van der Waals surface area contributed by atoms with Gasteiger partial charge in [0.25, 0.3) is 5.91 Å². The van der Waals surface area contributed by atoms with E-state index >= 15 is 0 Å². The number of benzene rings is 1. The molecule has 7 nitrogen and oxygen atoms in total. The number of aromatic nitrogens is 3. The standard InChI is InChI=1S/C24H31N5O2/c1-5-29-23-20(14-26-29)22(28-19-6-8-31-9-7-19)21(13-25-23)24(30)27-17(4)18-11-15(2)10-16(3)12-18/h10-14,17,19H,5-9H2,1-4H3,(H,25,28)(H,27,30).